The van der Waals surface area contributed by atoms with Crippen molar-refractivity contribution >= 4 is 31.6 Å². The van der Waals surface area contributed by atoms with Crippen LogP contribution < -0.4 is 10.3 Å². The second kappa shape index (κ2) is 5.87. The molecule has 2 N–H and O–H groups in total. The van der Waals surface area contributed by atoms with Gasteiger partial charge in [0.25, 0.3) is 5.56 Å². The molecule has 0 saturated carbocycles. The number of sulfonamides is 1. The van der Waals surface area contributed by atoms with Gasteiger partial charge in [0, 0.05) is 13.1 Å². The van der Waals surface area contributed by atoms with Crippen LogP contribution in [-0.2, 0) is 16.6 Å². The minimum absolute atomic E-state index is 0.0869. The summed E-state index contributed by atoms with van der Waals surface area (Å²) in [5, 5.41) is 8.87. The first kappa shape index (κ1) is 15.8. The topological polar surface area (TPSA) is 110 Å². The summed E-state index contributed by atoms with van der Waals surface area (Å²) < 4.78 is 28.5. The fourth-order valence-electron chi connectivity index (χ4n) is 2.36. The molecule has 3 rings (SSSR count). The molecule has 10 heteroatoms. The van der Waals surface area contributed by atoms with Gasteiger partial charge >= 0.3 is 0 Å². The minimum atomic E-state index is -3.67. The summed E-state index contributed by atoms with van der Waals surface area (Å²) in [6.07, 6.45) is 1.43. The highest BCUT2D eigenvalue weighted by Gasteiger charge is 2.21. The molecule has 0 unspecified atom stereocenters. The van der Waals surface area contributed by atoms with E-state index in [2.05, 4.69) is 19.9 Å². The monoisotopic (exact) mass is 353 g/mol. The van der Waals surface area contributed by atoms with Crippen molar-refractivity contribution in [2.45, 2.75) is 25.3 Å². The lowest BCUT2D eigenvalue weighted by molar-refractivity contribution is 0.568. The number of fused-ring (bicyclic) bond motifs is 1. The molecule has 0 atom stereocenters. The van der Waals surface area contributed by atoms with Crippen molar-refractivity contribution in [2.75, 3.05) is 6.54 Å². The number of nitrogens with zero attached hydrogens (tertiary/aromatic N) is 3. The second-order valence-electron chi connectivity index (χ2n) is 5.04. The number of hydrogen-bond acceptors (Lipinski definition) is 6. The van der Waals surface area contributed by atoms with Crippen molar-refractivity contribution in [3.8, 4) is 0 Å². The van der Waals surface area contributed by atoms with Crippen molar-refractivity contribution in [3.05, 3.63) is 39.5 Å². The zero-order valence-corrected chi connectivity index (χ0v) is 14.2. The van der Waals surface area contributed by atoms with E-state index in [1.165, 1.54) is 22.2 Å². The standard InChI is InChI=1S/C13H15N5O3S2/c1-8-11(9(2)17-16-8)23(20,21)15-4-5-18-7-14-12-10(13(18)19)3-6-22-12/h3,6-7,15H,4-5H2,1-2H3,(H,16,17). The molecule has 0 aliphatic rings. The lowest BCUT2D eigenvalue weighted by atomic mass is 10.4. The SMILES string of the molecule is Cc1n[nH]c(C)c1S(=O)(=O)NCCn1cnc2sccc2c1=O. The van der Waals surface area contributed by atoms with Gasteiger partial charge in [-0.3, -0.25) is 14.5 Å². The molecule has 0 aromatic carbocycles. The first-order valence-corrected chi connectivity index (χ1v) is 9.20. The predicted octanol–water partition coefficient (Wildman–Crippen LogP) is 0.776. The molecular formula is C13H15N5O3S2. The lowest BCUT2D eigenvalue weighted by Crippen LogP contribution is -2.31. The summed E-state index contributed by atoms with van der Waals surface area (Å²) >= 11 is 1.39. The first-order chi connectivity index (χ1) is 10.9. The van der Waals surface area contributed by atoms with Crippen LogP contribution >= 0.6 is 11.3 Å². The molecule has 122 valence electrons. The largest absolute Gasteiger partial charge is 0.297 e. The highest BCUT2D eigenvalue weighted by molar-refractivity contribution is 7.89. The maximum atomic E-state index is 12.3. The molecule has 23 heavy (non-hydrogen) atoms. The summed E-state index contributed by atoms with van der Waals surface area (Å²) in [4.78, 5) is 17.2. The molecule has 3 heterocycles. The maximum absolute atomic E-state index is 12.3. The summed E-state index contributed by atoms with van der Waals surface area (Å²) in [6.45, 7) is 3.56. The van der Waals surface area contributed by atoms with Crippen molar-refractivity contribution in [2.24, 2.45) is 0 Å². The Morgan fingerprint density at radius 1 is 1.39 bits per heavy atom. The average Bonchev–Trinajstić information content (AvgIpc) is 3.08. The van der Waals surface area contributed by atoms with Gasteiger partial charge in [0.2, 0.25) is 10.0 Å². The first-order valence-electron chi connectivity index (χ1n) is 6.84. The van der Waals surface area contributed by atoms with Crippen LogP contribution in [0.25, 0.3) is 10.2 Å². The van der Waals surface area contributed by atoms with Gasteiger partial charge in [-0.25, -0.2) is 18.1 Å². The number of aromatic amines is 1. The minimum Gasteiger partial charge on any atom is -0.297 e. The maximum Gasteiger partial charge on any atom is 0.262 e. The number of aromatic nitrogens is 4. The molecule has 0 bridgehead atoms. The van der Waals surface area contributed by atoms with Gasteiger partial charge in [-0.05, 0) is 25.3 Å². The Bertz CT molecular complexity index is 996. The Hall–Kier alpha value is -2.04. The summed E-state index contributed by atoms with van der Waals surface area (Å²) in [5.74, 6) is 0. The van der Waals surface area contributed by atoms with Crippen LogP contribution in [0, 0.1) is 13.8 Å². The van der Waals surface area contributed by atoms with Gasteiger partial charge in [0.1, 0.15) is 9.73 Å². The number of rotatable bonds is 5. The smallest absolute Gasteiger partial charge is 0.262 e. The third-order valence-electron chi connectivity index (χ3n) is 3.42. The molecule has 0 aliphatic heterocycles. The molecule has 3 aromatic heterocycles. The Labute approximate surface area is 136 Å². The van der Waals surface area contributed by atoms with Crippen molar-refractivity contribution in [1.82, 2.24) is 24.5 Å². The number of aryl methyl sites for hydroxylation is 2. The molecule has 3 aromatic rings. The number of H-pyrrole nitrogens is 1. The molecule has 0 saturated heterocycles. The Balaban J connectivity index is 1.76. The van der Waals surface area contributed by atoms with Crippen LogP contribution in [0.1, 0.15) is 11.4 Å². The molecule has 0 aliphatic carbocycles. The van der Waals surface area contributed by atoms with Crippen LogP contribution in [0.3, 0.4) is 0 Å². The van der Waals surface area contributed by atoms with Gasteiger partial charge in [-0.15, -0.1) is 11.3 Å². The molecule has 8 nitrogen and oxygen atoms in total. The van der Waals surface area contributed by atoms with E-state index in [0.29, 0.717) is 21.6 Å². The quantitative estimate of drug-likeness (QED) is 0.704. The van der Waals surface area contributed by atoms with E-state index in [-0.39, 0.29) is 23.5 Å². The van der Waals surface area contributed by atoms with Crippen LogP contribution in [0.2, 0.25) is 0 Å². The summed E-state index contributed by atoms with van der Waals surface area (Å²) in [6, 6.07) is 1.72. The molecule has 0 fully saturated rings. The molecule has 0 amide bonds. The van der Waals surface area contributed by atoms with Gasteiger partial charge in [0.05, 0.1) is 23.1 Å². The highest BCUT2D eigenvalue weighted by Crippen LogP contribution is 2.16. The van der Waals surface area contributed by atoms with Gasteiger partial charge < -0.3 is 0 Å². The molecule has 0 radical (unpaired) electrons. The zero-order chi connectivity index (χ0) is 16.6. The number of hydrogen-bond donors (Lipinski definition) is 2. The van der Waals surface area contributed by atoms with E-state index in [9.17, 15) is 13.2 Å². The fraction of sp³-hybridized carbons (Fsp3) is 0.308. The Kier molecular flexibility index (Phi) is 4.04. The van der Waals surface area contributed by atoms with E-state index >= 15 is 0 Å². The predicted molar refractivity (Wildman–Crippen MR) is 87.1 cm³/mol. The van der Waals surface area contributed by atoms with Crippen LogP contribution in [-0.4, -0.2) is 34.7 Å². The van der Waals surface area contributed by atoms with Gasteiger partial charge in [0.15, 0.2) is 0 Å². The summed E-state index contributed by atoms with van der Waals surface area (Å²) in [5.41, 5.74) is 0.716. The van der Waals surface area contributed by atoms with E-state index in [1.807, 2.05) is 0 Å². The Morgan fingerprint density at radius 3 is 2.87 bits per heavy atom. The van der Waals surface area contributed by atoms with Crippen LogP contribution in [0.4, 0.5) is 0 Å². The van der Waals surface area contributed by atoms with E-state index in [0.717, 1.165) is 0 Å². The highest BCUT2D eigenvalue weighted by atomic mass is 32.2. The average molecular weight is 353 g/mol. The van der Waals surface area contributed by atoms with Crippen molar-refractivity contribution < 1.29 is 8.42 Å². The molecule has 0 spiro atoms. The third-order valence-corrected chi connectivity index (χ3v) is 5.97. The van der Waals surface area contributed by atoms with E-state index in [1.54, 1.807) is 25.3 Å². The van der Waals surface area contributed by atoms with Gasteiger partial charge in [-0.1, -0.05) is 0 Å². The second-order valence-corrected chi connectivity index (χ2v) is 7.64. The van der Waals surface area contributed by atoms with Crippen LogP contribution in [0.5, 0.6) is 0 Å². The van der Waals surface area contributed by atoms with Gasteiger partial charge in [-0.2, -0.15) is 5.10 Å². The van der Waals surface area contributed by atoms with Crippen molar-refractivity contribution in [3.63, 3.8) is 0 Å². The summed E-state index contributed by atoms with van der Waals surface area (Å²) in [7, 11) is -3.67. The van der Waals surface area contributed by atoms with E-state index in [4.69, 9.17) is 0 Å². The Morgan fingerprint density at radius 2 is 2.17 bits per heavy atom. The number of nitrogens with one attached hydrogen (secondary N) is 2. The zero-order valence-electron chi connectivity index (χ0n) is 12.5. The number of thiophene rings is 1. The normalized spacial score (nSPS) is 12.1. The van der Waals surface area contributed by atoms with Crippen LogP contribution in [0.15, 0.2) is 27.5 Å². The van der Waals surface area contributed by atoms with Crippen molar-refractivity contribution in [1.29, 1.82) is 0 Å². The van der Waals surface area contributed by atoms with E-state index < -0.39 is 10.0 Å². The fourth-order valence-corrected chi connectivity index (χ4v) is 4.47. The third kappa shape index (κ3) is 2.92. The molecular weight excluding hydrogens is 338 g/mol. The lowest BCUT2D eigenvalue weighted by Gasteiger charge is -2.08.